The van der Waals surface area contributed by atoms with Crippen molar-refractivity contribution in [3.8, 4) is 0 Å². The lowest BCUT2D eigenvalue weighted by Gasteiger charge is -2.49. The Hall–Kier alpha value is -1.31. The Labute approximate surface area is 90.9 Å². The molecule has 1 amide bonds. The van der Waals surface area contributed by atoms with E-state index >= 15 is 0 Å². The molecule has 1 fully saturated rings. The number of carbonyl (C=O) groups excluding carboxylic acids is 1. The van der Waals surface area contributed by atoms with E-state index in [-0.39, 0.29) is 17.5 Å². The third kappa shape index (κ3) is 1.76. The summed E-state index contributed by atoms with van der Waals surface area (Å²) in [6.45, 7) is 6.25. The molecule has 1 aliphatic rings. The fourth-order valence-corrected chi connectivity index (χ4v) is 2.20. The Morgan fingerprint density at radius 3 is 2.27 bits per heavy atom. The number of β-lactam (4-membered cyclic amide) rings is 1. The van der Waals surface area contributed by atoms with Gasteiger partial charge in [-0.1, -0.05) is 30.3 Å². The van der Waals surface area contributed by atoms with Gasteiger partial charge in [-0.2, -0.15) is 0 Å². The predicted molar refractivity (Wildman–Crippen MR) is 60.4 cm³/mol. The zero-order valence-corrected chi connectivity index (χ0v) is 9.53. The summed E-state index contributed by atoms with van der Waals surface area (Å²) in [5.74, 6) is 0.261. The van der Waals surface area contributed by atoms with Crippen LogP contribution in [0.25, 0.3) is 0 Å². The van der Waals surface area contributed by atoms with E-state index < -0.39 is 0 Å². The van der Waals surface area contributed by atoms with Crippen LogP contribution in [-0.2, 0) is 4.79 Å². The second-order valence-electron chi connectivity index (χ2n) is 5.07. The molecule has 2 heteroatoms. The molecule has 15 heavy (non-hydrogen) atoms. The first-order chi connectivity index (χ1) is 7.00. The van der Waals surface area contributed by atoms with E-state index in [0.717, 1.165) is 0 Å². The Morgan fingerprint density at radius 1 is 1.20 bits per heavy atom. The van der Waals surface area contributed by atoms with Gasteiger partial charge in [0.15, 0.2) is 0 Å². The Balaban J connectivity index is 2.23. The lowest BCUT2D eigenvalue weighted by atomic mass is 9.88. The minimum atomic E-state index is -0.0736. The van der Waals surface area contributed by atoms with Crippen LogP contribution in [0.5, 0.6) is 0 Å². The smallest absolute Gasteiger partial charge is 0.225 e. The molecule has 0 spiro atoms. The standard InChI is InChI=1S/C13H17NO/c1-13(2,3)14-11(9-12(14)15)10-7-5-4-6-8-10/h4-8,11H,9H2,1-3H3. The number of amides is 1. The minimum Gasteiger partial charge on any atom is -0.330 e. The van der Waals surface area contributed by atoms with Crippen LogP contribution in [0, 0.1) is 0 Å². The molecule has 1 saturated heterocycles. The first-order valence-electron chi connectivity index (χ1n) is 5.37. The molecule has 1 aliphatic heterocycles. The summed E-state index contributed by atoms with van der Waals surface area (Å²) in [5.41, 5.74) is 1.17. The maximum atomic E-state index is 11.6. The predicted octanol–water partition coefficient (Wildman–Crippen LogP) is 2.76. The van der Waals surface area contributed by atoms with Gasteiger partial charge in [-0.25, -0.2) is 0 Å². The molecule has 1 aromatic carbocycles. The number of hydrogen-bond acceptors (Lipinski definition) is 1. The number of nitrogens with zero attached hydrogens (tertiary/aromatic N) is 1. The summed E-state index contributed by atoms with van der Waals surface area (Å²) in [5, 5.41) is 0. The van der Waals surface area contributed by atoms with Crippen molar-refractivity contribution in [3.63, 3.8) is 0 Å². The summed E-state index contributed by atoms with van der Waals surface area (Å²) >= 11 is 0. The van der Waals surface area contributed by atoms with Gasteiger partial charge in [0.1, 0.15) is 0 Å². The lowest BCUT2D eigenvalue weighted by molar-refractivity contribution is -0.154. The van der Waals surface area contributed by atoms with E-state index in [1.165, 1.54) is 5.56 Å². The van der Waals surface area contributed by atoms with Crippen LogP contribution >= 0.6 is 0 Å². The number of likely N-dealkylation sites (tertiary alicyclic amines) is 1. The van der Waals surface area contributed by atoms with Gasteiger partial charge < -0.3 is 4.90 Å². The van der Waals surface area contributed by atoms with Crippen molar-refractivity contribution in [2.45, 2.75) is 38.8 Å². The minimum absolute atomic E-state index is 0.0736. The first-order valence-corrected chi connectivity index (χ1v) is 5.37. The Morgan fingerprint density at radius 2 is 1.80 bits per heavy atom. The second-order valence-corrected chi connectivity index (χ2v) is 5.07. The van der Waals surface area contributed by atoms with Gasteiger partial charge in [-0.3, -0.25) is 4.79 Å². The van der Waals surface area contributed by atoms with Crippen LogP contribution in [0.2, 0.25) is 0 Å². The molecule has 0 bridgehead atoms. The van der Waals surface area contributed by atoms with E-state index in [1.807, 2.05) is 23.1 Å². The molecule has 0 aromatic heterocycles. The SMILES string of the molecule is CC(C)(C)N1C(=O)CC1c1ccccc1. The average molecular weight is 203 g/mol. The summed E-state index contributed by atoms with van der Waals surface area (Å²) in [6, 6.07) is 10.5. The largest absolute Gasteiger partial charge is 0.330 e. The van der Waals surface area contributed by atoms with Crippen molar-refractivity contribution in [1.82, 2.24) is 4.90 Å². The molecule has 0 radical (unpaired) electrons. The van der Waals surface area contributed by atoms with E-state index in [1.54, 1.807) is 0 Å². The van der Waals surface area contributed by atoms with Crippen molar-refractivity contribution in [2.75, 3.05) is 0 Å². The van der Waals surface area contributed by atoms with E-state index in [4.69, 9.17) is 0 Å². The zero-order valence-electron chi connectivity index (χ0n) is 9.53. The number of benzene rings is 1. The maximum absolute atomic E-state index is 11.6. The molecule has 0 aliphatic carbocycles. The molecule has 1 aromatic rings. The lowest BCUT2D eigenvalue weighted by Crippen LogP contribution is -2.56. The van der Waals surface area contributed by atoms with Crippen molar-refractivity contribution in [2.24, 2.45) is 0 Å². The van der Waals surface area contributed by atoms with E-state index in [0.29, 0.717) is 6.42 Å². The molecule has 1 atom stereocenters. The molecular weight excluding hydrogens is 186 g/mol. The molecule has 2 nitrogen and oxygen atoms in total. The molecule has 0 N–H and O–H groups in total. The van der Waals surface area contributed by atoms with E-state index in [2.05, 4.69) is 32.9 Å². The van der Waals surface area contributed by atoms with Gasteiger partial charge in [0.2, 0.25) is 5.91 Å². The second kappa shape index (κ2) is 3.37. The van der Waals surface area contributed by atoms with Crippen molar-refractivity contribution in [3.05, 3.63) is 35.9 Å². The highest BCUT2D eigenvalue weighted by molar-refractivity contribution is 5.84. The van der Waals surface area contributed by atoms with Crippen LogP contribution in [-0.4, -0.2) is 16.3 Å². The van der Waals surface area contributed by atoms with Crippen molar-refractivity contribution >= 4 is 5.91 Å². The monoisotopic (exact) mass is 203 g/mol. The van der Waals surface area contributed by atoms with Gasteiger partial charge in [-0.15, -0.1) is 0 Å². The average Bonchev–Trinajstić information content (AvgIpc) is 2.12. The van der Waals surface area contributed by atoms with Gasteiger partial charge in [0.25, 0.3) is 0 Å². The summed E-state index contributed by atoms with van der Waals surface area (Å²) in [4.78, 5) is 13.6. The highest BCUT2D eigenvalue weighted by Crippen LogP contribution is 2.39. The number of carbonyl (C=O) groups is 1. The normalized spacial score (nSPS) is 21.4. The summed E-state index contributed by atoms with van der Waals surface area (Å²) in [7, 11) is 0. The van der Waals surface area contributed by atoms with Crippen molar-refractivity contribution in [1.29, 1.82) is 0 Å². The molecule has 1 unspecified atom stereocenters. The Bertz CT molecular complexity index is 364. The van der Waals surface area contributed by atoms with Crippen LogP contribution in [0.1, 0.15) is 38.8 Å². The fraction of sp³-hybridized carbons (Fsp3) is 0.462. The third-order valence-corrected chi connectivity index (χ3v) is 2.86. The van der Waals surface area contributed by atoms with Crippen LogP contribution in [0.4, 0.5) is 0 Å². The van der Waals surface area contributed by atoms with Gasteiger partial charge in [0, 0.05) is 5.54 Å². The summed E-state index contributed by atoms with van der Waals surface area (Å²) < 4.78 is 0. The molecule has 2 rings (SSSR count). The molecular formula is C13H17NO. The topological polar surface area (TPSA) is 20.3 Å². The van der Waals surface area contributed by atoms with Crippen LogP contribution in [0.3, 0.4) is 0 Å². The highest BCUT2D eigenvalue weighted by Gasteiger charge is 2.43. The molecule has 80 valence electrons. The third-order valence-electron chi connectivity index (χ3n) is 2.86. The fourth-order valence-electron chi connectivity index (χ4n) is 2.20. The molecule has 0 saturated carbocycles. The Kier molecular flexibility index (Phi) is 2.29. The maximum Gasteiger partial charge on any atom is 0.225 e. The summed E-state index contributed by atoms with van der Waals surface area (Å²) in [6.07, 6.45) is 0.654. The van der Waals surface area contributed by atoms with Crippen LogP contribution in [0.15, 0.2) is 30.3 Å². The first kappa shape index (κ1) is 10.2. The number of hydrogen-bond donors (Lipinski definition) is 0. The van der Waals surface area contributed by atoms with Gasteiger partial charge in [0.05, 0.1) is 12.5 Å². The van der Waals surface area contributed by atoms with Crippen LogP contribution < -0.4 is 0 Å². The van der Waals surface area contributed by atoms with Crippen molar-refractivity contribution < 1.29 is 4.79 Å². The van der Waals surface area contributed by atoms with Gasteiger partial charge in [-0.05, 0) is 26.3 Å². The zero-order chi connectivity index (χ0) is 11.1. The number of rotatable bonds is 1. The quantitative estimate of drug-likeness (QED) is 0.643. The molecule has 1 heterocycles. The highest BCUT2D eigenvalue weighted by atomic mass is 16.2. The van der Waals surface area contributed by atoms with E-state index in [9.17, 15) is 4.79 Å². The van der Waals surface area contributed by atoms with Gasteiger partial charge >= 0.3 is 0 Å².